The van der Waals surface area contributed by atoms with E-state index in [1.54, 1.807) is 6.20 Å². The fourth-order valence-electron chi connectivity index (χ4n) is 3.04. The number of nitrogens with zero attached hydrogens (tertiary/aromatic N) is 3. The Hall–Kier alpha value is -2.27. The molecule has 0 radical (unpaired) electrons. The Balaban J connectivity index is 1.52. The predicted octanol–water partition coefficient (Wildman–Crippen LogP) is 3.05. The van der Waals surface area contributed by atoms with E-state index in [1.807, 2.05) is 12.1 Å². The Labute approximate surface area is 123 Å². The van der Waals surface area contributed by atoms with Crippen LogP contribution in [0.15, 0.2) is 47.1 Å². The first-order valence-corrected chi connectivity index (χ1v) is 7.29. The van der Waals surface area contributed by atoms with Crippen molar-refractivity contribution < 1.29 is 4.42 Å². The monoisotopic (exact) mass is 282 g/mol. The zero-order chi connectivity index (χ0) is 14.2. The lowest BCUT2D eigenvalue weighted by Gasteiger charge is -2.34. The summed E-state index contributed by atoms with van der Waals surface area (Å²) >= 11 is 0. The molecule has 1 atom stereocenters. The lowest BCUT2D eigenvalue weighted by molar-refractivity contribution is 0.149. The molecule has 0 saturated carbocycles. The number of aromatic nitrogens is 3. The molecule has 0 amide bonds. The molecule has 4 rings (SSSR count). The summed E-state index contributed by atoms with van der Waals surface area (Å²) in [5, 5.41) is 6.88. The molecule has 0 saturated heterocycles. The van der Waals surface area contributed by atoms with Crippen molar-refractivity contribution >= 4 is 0 Å². The largest absolute Gasteiger partial charge is 0.458 e. The third-order valence-corrected chi connectivity index (χ3v) is 4.26. The Kier molecular flexibility index (Phi) is 2.93. The van der Waals surface area contributed by atoms with Gasteiger partial charge in [-0.2, -0.15) is 5.10 Å². The van der Waals surface area contributed by atoms with Crippen molar-refractivity contribution in [1.82, 2.24) is 19.7 Å². The van der Waals surface area contributed by atoms with Gasteiger partial charge in [-0.3, -0.25) is 10.00 Å². The summed E-state index contributed by atoms with van der Waals surface area (Å²) in [6.07, 6.45) is 3.89. The fraction of sp³-hybridized carbons (Fsp3) is 0.312. The van der Waals surface area contributed by atoms with Crippen LogP contribution in [0.1, 0.15) is 24.4 Å². The van der Waals surface area contributed by atoms with Gasteiger partial charge in [0.1, 0.15) is 11.5 Å². The maximum absolute atomic E-state index is 5.93. The maximum Gasteiger partial charge on any atom is 0.152 e. The van der Waals surface area contributed by atoms with E-state index in [9.17, 15) is 0 Å². The summed E-state index contributed by atoms with van der Waals surface area (Å²) in [5.74, 6) is 1.84. The summed E-state index contributed by atoms with van der Waals surface area (Å²) < 4.78 is 8.26. The SMILES string of the molecule is CC1c2cccn2CCN1Cc1ccc(-c2ccn[nH]2)o1. The standard InChI is InChI=1S/C16H18N4O/c1-12-15-3-2-8-19(15)9-10-20(12)11-13-4-5-16(21-13)14-6-7-17-18-14/h2-8,12H,9-11H2,1H3,(H,17,18). The van der Waals surface area contributed by atoms with E-state index in [-0.39, 0.29) is 0 Å². The molecule has 108 valence electrons. The van der Waals surface area contributed by atoms with E-state index in [1.165, 1.54) is 5.69 Å². The van der Waals surface area contributed by atoms with Crippen molar-refractivity contribution in [2.75, 3.05) is 6.54 Å². The molecule has 21 heavy (non-hydrogen) atoms. The first-order chi connectivity index (χ1) is 10.3. The highest BCUT2D eigenvalue weighted by Gasteiger charge is 2.24. The van der Waals surface area contributed by atoms with E-state index >= 15 is 0 Å². The average Bonchev–Trinajstić information content (AvgIpc) is 3.21. The molecular weight excluding hydrogens is 264 g/mol. The van der Waals surface area contributed by atoms with Crippen LogP contribution in [0.2, 0.25) is 0 Å². The summed E-state index contributed by atoms with van der Waals surface area (Å²) in [6.45, 7) is 5.17. The van der Waals surface area contributed by atoms with Crippen LogP contribution in [0, 0.1) is 0 Å². The van der Waals surface area contributed by atoms with Crippen molar-refractivity contribution in [3.8, 4) is 11.5 Å². The van der Waals surface area contributed by atoms with Crippen LogP contribution in [0.3, 0.4) is 0 Å². The molecule has 0 aliphatic carbocycles. The number of rotatable bonds is 3. The number of furan rings is 1. The van der Waals surface area contributed by atoms with Crippen molar-refractivity contribution in [3.05, 3.63) is 54.2 Å². The van der Waals surface area contributed by atoms with Crippen molar-refractivity contribution in [3.63, 3.8) is 0 Å². The van der Waals surface area contributed by atoms with Gasteiger partial charge >= 0.3 is 0 Å². The van der Waals surface area contributed by atoms with Gasteiger partial charge in [0, 0.05) is 37.2 Å². The van der Waals surface area contributed by atoms with Gasteiger partial charge in [0.2, 0.25) is 0 Å². The zero-order valence-corrected chi connectivity index (χ0v) is 12.0. The molecule has 3 aromatic rings. The smallest absolute Gasteiger partial charge is 0.152 e. The molecule has 0 bridgehead atoms. The summed E-state index contributed by atoms with van der Waals surface area (Å²) in [6, 6.07) is 10.7. The Morgan fingerprint density at radius 3 is 3.10 bits per heavy atom. The third kappa shape index (κ3) is 2.19. The normalized spacial score (nSPS) is 18.8. The number of H-pyrrole nitrogens is 1. The molecule has 0 fully saturated rings. The average molecular weight is 282 g/mol. The summed E-state index contributed by atoms with van der Waals surface area (Å²) in [7, 11) is 0. The minimum Gasteiger partial charge on any atom is -0.458 e. The van der Waals surface area contributed by atoms with E-state index in [0.717, 1.165) is 36.8 Å². The number of hydrogen-bond donors (Lipinski definition) is 1. The molecular formula is C16H18N4O. The van der Waals surface area contributed by atoms with Crippen LogP contribution in [0.25, 0.3) is 11.5 Å². The van der Waals surface area contributed by atoms with Crippen LogP contribution in [0.4, 0.5) is 0 Å². The number of aromatic amines is 1. The maximum atomic E-state index is 5.93. The second-order valence-electron chi connectivity index (χ2n) is 5.51. The Morgan fingerprint density at radius 2 is 2.24 bits per heavy atom. The van der Waals surface area contributed by atoms with Gasteiger partial charge in [0.05, 0.1) is 6.54 Å². The molecule has 1 unspecified atom stereocenters. The van der Waals surface area contributed by atoms with Crippen LogP contribution in [0.5, 0.6) is 0 Å². The molecule has 5 heteroatoms. The molecule has 1 aliphatic heterocycles. The minimum atomic E-state index is 0.412. The van der Waals surface area contributed by atoms with E-state index in [4.69, 9.17) is 4.42 Å². The number of fused-ring (bicyclic) bond motifs is 1. The van der Waals surface area contributed by atoms with Gasteiger partial charge in [-0.05, 0) is 37.3 Å². The lowest BCUT2D eigenvalue weighted by Crippen LogP contribution is -2.35. The zero-order valence-electron chi connectivity index (χ0n) is 12.0. The van der Waals surface area contributed by atoms with E-state index in [0.29, 0.717) is 6.04 Å². The minimum absolute atomic E-state index is 0.412. The molecule has 1 aliphatic rings. The predicted molar refractivity (Wildman–Crippen MR) is 79.5 cm³/mol. The Morgan fingerprint density at radius 1 is 1.29 bits per heavy atom. The fourth-order valence-corrected chi connectivity index (χ4v) is 3.04. The summed E-state index contributed by atoms with van der Waals surface area (Å²) in [5.41, 5.74) is 2.29. The van der Waals surface area contributed by atoms with Gasteiger partial charge in [-0.15, -0.1) is 0 Å². The second kappa shape index (κ2) is 4.93. The van der Waals surface area contributed by atoms with Crippen LogP contribution in [-0.2, 0) is 13.1 Å². The molecule has 3 aromatic heterocycles. The first-order valence-electron chi connectivity index (χ1n) is 7.29. The van der Waals surface area contributed by atoms with Gasteiger partial charge in [-0.25, -0.2) is 0 Å². The Bertz CT molecular complexity index is 725. The highest BCUT2D eigenvalue weighted by atomic mass is 16.3. The van der Waals surface area contributed by atoms with Gasteiger partial charge in [0.15, 0.2) is 5.76 Å². The van der Waals surface area contributed by atoms with Crippen LogP contribution in [-0.4, -0.2) is 26.2 Å². The summed E-state index contributed by atoms with van der Waals surface area (Å²) in [4.78, 5) is 2.45. The third-order valence-electron chi connectivity index (χ3n) is 4.26. The second-order valence-corrected chi connectivity index (χ2v) is 5.51. The number of nitrogens with one attached hydrogen (secondary N) is 1. The quantitative estimate of drug-likeness (QED) is 0.803. The van der Waals surface area contributed by atoms with E-state index in [2.05, 4.69) is 51.0 Å². The van der Waals surface area contributed by atoms with Crippen LogP contribution < -0.4 is 0 Å². The van der Waals surface area contributed by atoms with Crippen LogP contribution >= 0.6 is 0 Å². The molecule has 5 nitrogen and oxygen atoms in total. The molecule has 0 spiro atoms. The molecule has 1 N–H and O–H groups in total. The number of hydrogen-bond acceptors (Lipinski definition) is 3. The highest BCUT2D eigenvalue weighted by Crippen LogP contribution is 2.28. The lowest BCUT2D eigenvalue weighted by atomic mass is 10.1. The van der Waals surface area contributed by atoms with E-state index < -0.39 is 0 Å². The first kappa shape index (κ1) is 12.5. The van der Waals surface area contributed by atoms with Crippen molar-refractivity contribution in [2.24, 2.45) is 0 Å². The van der Waals surface area contributed by atoms with Crippen molar-refractivity contribution in [2.45, 2.75) is 26.1 Å². The molecule has 0 aromatic carbocycles. The molecule has 4 heterocycles. The highest BCUT2D eigenvalue weighted by molar-refractivity contribution is 5.51. The van der Waals surface area contributed by atoms with Crippen molar-refractivity contribution in [1.29, 1.82) is 0 Å². The van der Waals surface area contributed by atoms with Gasteiger partial charge in [0.25, 0.3) is 0 Å². The van der Waals surface area contributed by atoms with Gasteiger partial charge in [-0.1, -0.05) is 0 Å². The topological polar surface area (TPSA) is 50.0 Å². The van der Waals surface area contributed by atoms with Gasteiger partial charge < -0.3 is 8.98 Å².